The average molecular weight is 338 g/mol. The maximum atomic E-state index is 12.8. The Morgan fingerprint density at radius 3 is 2.40 bits per heavy atom. The second kappa shape index (κ2) is 6.98. The van der Waals surface area contributed by atoms with Crippen molar-refractivity contribution < 1.29 is 4.79 Å². The summed E-state index contributed by atoms with van der Waals surface area (Å²) < 4.78 is 0. The molecule has 0 N–H and O–H groups in total. The summed E-state index contributed by atoms with van der Waals surface area (Å²) in [5.41, 5.74) is 1.86. The molecule has 1 aromatic heterocycles. The van der Waals surface area contributed by atoms with Gasteiger partial charge in [0.25, 0.3) is 0 Å². The molecule has 0 radical (unpaired) electrons. The van der Waals surface area contributed by atoms with Gasteiger partial charge in [-0.2, -0.15) is 0 Å². The molecule has 4 rings (SSSR count). The van der Waals surface area contributed by atoms with Crippen LogP contribution in [0, 0.1) is 11.8 Å². The number of likely N-dealkylation sites (tertiary alicyclic amines) is 1. The molecule has 2 aliphatic heterocycles. The molecular formula is C20H26N4O. The van der Waals surface area contributed by atoms with E-state index in [0.29, 0.717) is 5.91 Å². The molecule has 132 valence electrons. The Morgan fingerprint density at radius 2 is 1.68 bits per heavy atom. The van der Waals surface area contributed by atoms with Gasteiger partial charge in [0, 0.05) is 32.1 Å². The van der Waals surface area contributed by atoms with E-state index in [1.165, 1.54) is 0 Å². The fourth-order valence-corrected chi connectivity index (χ4v) is 3.94. The molecule has 3 heterocycles. The molecule has 0 bridgehead atoms. The normalized spacial score (nSPS) is 20.2. The van der Waals surface area contributed by atoms with Crippen LogP contribution in [0.25, 0.3) is 11.0 Å². The zero-order valence-corrected chi connectivity index (χ0v) is 14.9. The largest absolute Gasteiger partial charge is 0.355 e. The number of benzene rings is 1. The van der Waals surface area contributed by atoms with Crippen LogP contribution < -0.4 is 4.90 Å². The summed E-state index contributed by atoms with van der Waals surface area (Å²) in [4.78, 5) is 26.4. The molecule has 2 saturated heterocycles. The number of hydrogen-bond donors (Lipinski definition) is 0. The number of fused-ring (bicyclic) bond motifs is 1. The lowest BCUT2D eigenvalue weighted by molar-refractivity contribution is -0.137. The number of para-hydroxylation sites is 2. The van der Waals surface area contributed by atoms with E-state index in [9.17, 15) is 4.79 Å². The standard InChI is InChI=1S/C20H26N4O/c1-15-6-10-24(11-7-15)20(25)16-8-12-23(13-9-16)19-14-21-17-4-2-3-5-18(17)22-19/h2-5,14-16H,6-13H2,1H3. The maximum Gasteiger partial charge on any atom is 0.225 e. The van der Waals surface area contributed by atoms with Crippen LogP contribution in [0.1, 0.15) is 32.6 Å². The van der Waals surface area contributed by atoms with Gasteiger partial charge in [0.2, 0.25) is 5.91 Å². The Kier molecular flexibility index (Phi) is 4.55. The zero-order chi connectivity index (χ0) is 17.2. The molecule has 0 saturated carbocycles. The van der Waals surface area contributed by atoms with E-state index in [4.69, 9.17) is 4.98 Å². The predicted octanol–water partition coefficient (Wildman–Crippen LogP) is 3.10. The van der Waals surface area contributed by atoms with Crippen molar-refractivity contribution in [1.29, 1.82) is 0 Å². The van der Waals surface area contributed by atoms with Crippen LogP contribution in [0.5, 0.6) is 0 Å². The highest BCUT2D eigenvalue weighted by Crippen LogP contribution is 2.26. The van der Waals surface area contributed by atoms with Crippen LogP contribution in [0.15, 0.2) is 30.5 Å². The molecule has 0 atom stereocenters. The first-order valence-corrected chi connectivity index (χ1v) is 9.46. The Morgan fingerprint density at radius 1 is 1.00 bits per heavy atom. The van der Waals surface area contributed by atoms with E-state index in [-0.39, 0.29) is 5.92 Å². The first kappa shape index (κ1) is 16.3. The number of anilines is 1. The summed E-state index contributed by atoms with van der Waals surface area (Å²) in [6.07, 6.45) is 5.99. The summed E-state index contributed by atoms with van der Waals surface area (Å²) in [5.74, 6) is 2.24. The second-order valence-corrected chi connectivity index (χ2v) is 7.49. The van der Waals surface area contributed by atoms with Crippen LogP contribution in [0.4, 0.5) is 5.82 Å². The smallest absolute Gasteiger partial charge is 0.225 e. The van der Waals surface area contributed by atoms with Gasteiger partial charge in [0.15, 0.2) is 0 Å². The van der Waals surface area contributed by atoms with Crippen molar-refractivity contribution in [2.75, 3.05) is 31.1 Å². The third-order valence-corrected chi connectivity index (χ3v) is 5.70. The molecule has 0 aliphatic carbocycles. The lowest BCUT2D eigenvalue weighted by atomic mass is 9.93. The number of aromatic nitrogens is 2. The minimum absolute atomic E-state index is 0.179. The minimum atomic E-state index is 0.179. The molecule has 0 unspecified atom stereocenters. The van der Waals surface area contributed by atoms with Gasteiger partial charge in [-0.25, -0.2) is 4.98 Å². The van der Waals surface area contributed by atoms with Gasteiger partial charge in [-0.05, 0) is 43.7 Å². The van der Waals surface area contributed by atoms with Gasteiger partial charge in [-0.1, -0.05) is 19.1 Å². The van der Waals surface area contributed by atoms with Crippen LogP contribution in [0.2, 0.25) is 0 Å². The van der Waals surface area contributed by atoms with Crippen LogP contribution in [0.3, 0.4) is 0 Å². The molecule has 5 heteroatoms. The highest BCUT2D eigenvalue weighted by molar-refractivity contribution is 5.79. The van der Waals surface area contributed by atoms with Gasteiger partial charge >= 0.3 is 0 Å². The predicted molar refractivity (Wildman–Crippen MR) is 99.5 cm³/mol. The van der Waals surface area contributed by atoms with E-state index in [2.05, 4.69) is 21.7 Å². The Balaban J connectivity index is 1.38. The van der Waals surface area contributed by atoms with Crippen molar-refractivity contribution in [3.05, 3.63) is 30.5 Å². The molecule has 5 nitrogen and oxygen atoms in total. The second-order valence-electron chi connectivity index (χ2n) is 7.49. The summed E-state index contributed by atoms with van der Waals surface area (Å²) in [6, 6.07) is 7.95. The number of amides is 1. The third kappa shape index (κ3) is 3.46. The number of piperidine rings is 2. The zero-order valence-electron chi connectivity index (χ0n) is 14.9. The van der Waals surface area contributed by atoms with Crippen molar-refractivity contribution in [2.24, 2.45) is 11.8 Å². The number of rotatable bonds is 2. The molecule has 1 amide bonds. The van der Waals surface area contributed by atoms with E-state index in [1.54, 1.807) is 0 Å². The number of hydrogen-bond acceptors (Lipinski definition) is 4. The van der Waals surface area contributed by atoms with Crippen molar-refractivity contribution in [1.82, 2.24) is 14.9 Å². The van der Waals surface area contributed by atoms with E-state index < -0.39 is 0 Å². The minimum Gasteiger partial charge on any atom is -0.355 e. The Hall–Kier alpha value is -2.17. The molecule has 2 fully saturated rings. The lowest BCUT2D eigenvalue weighted by Crippen LogP contribution is -2.45. The summed E-state index contributed by atoms with van der Waals surface area (Å²) in [7, 11) is 0. The molecule has 2 aromatic rings. The number of carbonyl (C=O) groups excluding carboxylic acids is 1. The van der Waals surface area contributed by atoms with Crippen LogP contribution >= 0.6 is 0 Å². The molecular weight excluding hydrogens is 312 g/mol. The van der Waals surface area contributed by atoms with Crippen molar-refractivity contribution >= 4 is 22.8 Å². The van der Waals surface area contributed by atoms with Crippen molar-refractivity contribution in [2.45, 2.75) is 32.6 Å². The quantitative estimate of drug-likeness (QED) is 0.844. The third-order valence-electron chi connectivity index (χ3n) is 5.70. The monoisotopic (exact) mass is 338 g/mol. The topological polar surface area (TPSA) is 49.3 Å². The van der Waals surface area contributed by atoms with E-state index >= 15 is 0 Å². The first-order chi connectivity index (χ1) is 12.2. The van der Waals surface area contributed by atoms with Crippen molar-refractivity contribution in [3.63, 3.8) is 0 Å². The van der Waals surface area contributed by atoms with Gasteiger partial charge < -0.3 is 9.80 Å². The lowest BCUT2D eigenvalue weighted by Gasteiger charge is -2.37. The number of nitrogens with zero attached hydrogens (tertiary/aromatic N) is 4. The first-order valence-electron chi connectivity index (χ1n) is 9.46. The highest BCUT2D eigenvalue weighted by atomic mass is 16.2. The highest BCUT2D eigenvalue weighted by Gasteiger charge is 2.30. The van der Waals surface area contributed by atoms with Gasteiger partial charge in [-0.3, -0.25) is 9.78 Å². The maximum absolute atomic E-state index is 12.8. The summed E-state index contributed by atoms with van der Waals surface area (Å²) >= 11 is 0. The summed E-state index contributed by atoms with van der Waals surface area (Å²) in [6.45, 7) is 5.93. The fourth-order valence-electron chi connectivity index (χ4n) is 3.94. The SMILES string of the molecule is CC1CCN(C(=O)C2CCN(c3cnc4ccccc4n3)CC2)CC1. The Labute approximate surface area is 149 Å². The molecule has 0 spiro atoms. The fraction of sp³-hybridized carbons (Fsp3) is 0.550. The summed E-state index contributed by atoms with van der Waals surface area (Å²) in [5, 5.41) is 0. The van der Waals surface area contributed by atoms with Crippen molar-refractivity contribution in [3.8, 4) is 0 Å². The van der Waals surface area contributed by atoms with E-state index in [0.717, 1.165) is 74.6 Å². The van der Waals surface area contributed by atoms with E-state index in [1.807, 2.05) is 30.5 Å². The number of carbonyl (C=O) groups is 1. The van der Waals surface area contributed by atoms with Crippen LogP contribution in [-0.4, -0.2) is 47.0 Å². The molecule has 1 aromatic carbocycles. The van der Waals surface area contributed by atoms with Gasteiger partial charge in [-0.15, -0.1) is 0 Å². The molecule has 25 heavy (non-hydrogen) atoms. The average Bonchev–Trinajstić information content (AvgIpc) is 2.68. The van der Waals surface area contributed by atoms with Gasteiger partial charge in [0.1, 0.15) is 5.82 Å². The van der Waals surface area contributed by atoms with Crippen LogP contribution in [-0.2, 0) is 4.79 Å². The van der Waals surface area contributed by atoms with Gasteiger partial charge in [0.05, 0.1) is 17.2 Å². The Bertz CT molecular complexity index is 746. The molecule has 2 aliphatic rings.